The van der Waals surface area contributed by atoms with Gasteiger partial charge in [-0.05, 0) is 37.0 Å². The largest absolute Gasteiger partial charge is 0.490 e. The van der Waals surface area contributed by atoms with Crippen LogP contribution in [0.4, 0.5) is 0 Å². The molecular formula is C16H22N2O2. The molecule has 2 aliphatic heterocycles. The van der Waals surface area contributed by atoms with Gasteiger partial charge >= 0.3 is 0 Å². The van der Waals surface area contributed by atoms with Gasteiger partial charge in [-0.25, -0.2) is 0 Å². The predicted molar refractivity (Wildman–Crippen MR) is 77.1 cm³/mol. The van der Waals surface area contributed by atoms with E-state index in [9.17, 15) is 0 Å². The van der Waals surface area contributed by atoms with Crippen molar-refractivity contribution >= 4 is 0 Å². The molecule has 0 spiro atoms. The van der Waals surface area contributed by atoms with Crippen LogP contribution in [0.25, 0.3) is 0 Å². The third-order valence-electron chi connectivity index (χ3n) is 4.61. The van der Waals surface area contributed by atoms with Gasteiger partial charge in [0.05, 0.1) is 19.3 Å². The molecule has 0 radical (unpaired) electrons. The molecule has 1 aliphatic carbocycles. The molecule has 1 saturated carbocycles. The van der Waals surface area contributed by atoms with E-state index < -0.39 is 0 Å². The van der Waals surface area contributed by atoms with Crippen molar-refractivity contribution in [1.29, 1.82) is 0 Å². The molecule has 0 bridgehead atoms. The Morgan fingerprint density at radius 1 is 1.05 bits per heavy atom. The van der Waals surface area contributed by atoms with E-state index in [1.807, 2.05) is 6.07 Å². The lowest BCUT2D eigenvalue weighted by atomic mass is 10.00. The molecule has 108 valence electrons. The quantitative estimate of drug-likeness (QED) is 0.897. The maximum Gasteiger partial charge on any atom is 0.161 e. The van der Waals surface area contributed by atoms with Crippen molar-refractivity contribution in [2.45, 2.75) is 43.8 Å². The number of likely N-dealkylation sites (tertiary alicyclic amines) is 1. The summed E-state index contributed by atoms with van der Waals surface area (Å²) in [5, 5.41) is 0. The number of hydrogen-bond acceptors (Lipinski definition) is 4. The summed E-state index contributed by atoms with van der Waals surface area (Å²) in [6, 6.07) is 7.70. The molecule has 4 rings (SSSR count). The molecule has 1 aromatic rings. The van der Waals surface area contributed by atoms with Crippen molar-refractivity contribution in [2.24, 2.45) is 5.73 Å². The third-order valence-corrected chi connectivity index (χ3v) is 4.61. The fourth-order valence-corrected chi connectivity index (χ4v) is 3.46. The fraction of sp³-hybridized carbons (Fsp3) is 0.625. The summed E-state index contributed by atoms with van der Waals surface area (Å²) in [6.45, 7) is 2.61. The van der Waals surface area contributed by atoms with E-state index in [0.717, 1.165) is 50.1 Å². The molecule has 4 heteroatoms. The lowest BCUT2D eigenvalue weighted by Gasteiger charge is -2.27. The van der Waals surface area contributed by atoms with E-state index in [0.29, 0.717) is 6.04 Å². The summed E-state index contributed by atoms with van der Waals surface area (Å²) in [6.07, 6.45) is 4.69. The van der Waals surface area contributed by atoms with Crippen molar-refractivity contribution in [2.75, 3.05) is 19.8 Å². The predicted octanol–water partition coefficient (Wildman–Crippen LogP) is 2.08. The Morgan fingerprint density at radius 3 is 2.65 bits per heavy atom. The van der Waals surface area contributed by atoms with Crippen molar-refractivity contribution in [3.8, 4) is 11.5 Å². The summed E-state index contributed by atoms with van der Waals surface area (Å²) >= 11 is 0. The number of ether oxygens (including phenoxy) is 2. The van der Waals surface area contributed by atoms with Gasteiger partial charge < -0.3 is 15.2 Å². The van der Waals surface area contributed by atoms with Crippen molar-refractivity contribution in [3.63, 3.8) is 0 Å². The number of fused-ring (bicyclic) bond motifs is 1. The summed E-state index contributed by atoms with van der Waals surface area (Å²) in [5.41, 5.74) is 7.64. The van der Waals surface area contributed by atoms with Crippen molar-refractivity contribution in [3.05, 3.63) is 23.8 Å². The van der Waals surface area contributed by atoms with Crippen molar-refractivity contribution < 1.29 is 9.47 Å². The summed E-state index contributed by atoms with van der Waals surface area (Å²) in [4.78, 5) is 2.59. The van der Waals surface area contributed by atoms with E-state index in [1.165, 1.54) is 18.4 Å². The van der Waals surface area contributed by atoms with Crippen LogP contribution in [0.3, 0.4) is 0 Å². The lowest BCUT2D eigenvalue weighted by molar-refractivity contribution is 0.236. The second-order valence-electron chi connectivity index (χ2n) is 6.12. The minimum atomic E-state index is 0.236. The minimum Gasteiger partial charge on any atom is -0.490 e. The minimum absolute atomic E-state index is 0.236. The number of rotatable bonds is 2. The van der Waals surface area contributed by atoms with Crippen LogP contribution in [-0.2, 0) is 0 Å². The molecule has 3 aliphatic rings. The number of nitrogens with zero attached hydrogens (tertiary/aromatic N) is 1. The molecule has 2 N–H and O–H groups in total. The average molecular weight is 274 g/mol. The summed E-state index contributed by atoms with van der Waals surface area (Å²) in [5.74, 6) is 1.76. The lowest BCUT2D eigenvalue weighted by Crippen LogP contribution is -2.33. The maximum absolute atomic E-state index is 6.36. The van der Waals surface area contributed by atoms with Gasteiger partial charge in [0.2, 0.25) is 0 Å². The van der Waals surface area contributed by atoms with Crippen LogP contribution < -0.4 is 15.2 Å². The van der Waals surface area contributed by atoms with Gasteiger partial charge in [0.15, 0.2) is 11.5 Å². The smallest absolute Gasteiger partial charge is 0.161 e. The number of nitrogens with two attached hydrogens (primary N) is 1. The Morgan fingerprint density at radius 2 is 1.85 bits per heavy atom. The van der Waals surface area contributed by atoms with Gasteiger partial charge in [-0.2, -0.15) is 0 Å². The van der Waals surface area contributed by atoms with Crippen LogP contribution in [0.1, 0.15) is 37.3 Å². The molecule has 2 heterocycles. The topological polar surface area (TPSA) is 47.7 Å². The molecular weight excluding hydrogens is 252 g/mol. The van der Waals surface area contributed by atoms with E-state index in [2.05, 4.69) is 17.0 Å². The molecule has 2 fully saturated rings. The Hall–Kier alpha value is -1.26. The fourth-order valence-electron chi connectivity index (χ4n) is 3.46. The third kappa shape index (κ3) is 2.17. The normalized spacial score (nSPS) is 30.2. The van der Waals surface area contributed by atoms with Gasteiger partial charge in [-0.15, -0.1) is 0 Å². The zero-order valence-corrected chi connectivity index (χ0v) is 11.8. The van der Waals surface area contributed by atoms with Gasteiger partial charge in [0.25, 0.3) is 0 Å². The highest BCUT2D eigenvalue weighted by Gasteiger charge is 2.41. The first kappa shape index (κ1) is 12.5. The van der Waals surface area contributed by atoms with Crippen LogP contribution in [0.2, 0.25) is 0 Å². The van der Waals surface area contributed by atoms with Gasteiger partial charge in [0.1, 0.15) is 0 Å². The first-order chi connectivity index (χ1) is 9.83. The second kappa shape index (κ2) is 4.93. The number of hydrogen-bond donors (Lipinski definition) is 1. The Kier molecular flexibility index (Phi) is 3.08. The highest BCUT2D eigenvalue weighted by molar-refractivity contribution is 5.45. The first-order valence-electron chi connectivity index (χ1n) is 7.74. The molecule has 4 nitrogen and oxygen atoms in total. The molecule has 2 atom stereocenters. The zero-order valence-electron chi connectivity index (χ0n) is 11.8. The molecule has 0 amide bonds. The first-order valence-corrected chi connectivity index (χ1v) is 7.74. The summed E-state index contributed by atoms with van der Waals surface area (Å²) in [7, 11) is 0. The highest BCUT2D eigenvalue weighted by Crippen LogP contribution is 2.42. The van der Waals surface area contributed by atoms with Crippen molar-refractivity contribution in [1.82, 2.24) is 4.90 Å². The van der Waals surface area contributed by atoms with Gasteiger partial charge in [-0.1, -0.05) is 6.07 Å². The van der Waals surface area contributed by atoms with Crippen LogP contribution >= 0.6 is 0 Å². The molecule has 1 aromatic carbocycles. The van der Waals surface area contributed by atoms with E-state index in [4.69, 9.17) is 15.2 Å². The van der Waals surface area contributed by atoms with Crippen LogP contribution in [0.15, 0.2) is 18.2 Å². The van der Waals surface area contributed by atoms with E-state index in [-0.39, 0.29) is 6.04 Å². The molecule has 20 heavy (non-hydrogen) atoms. The zero-order chi connectivity index (χ0) is 13.5. The summed E-state index contributed by atoms with van der Waals surface area (Å²) < 4.78 is 11.5. The van der Waals surface area contributed by atoms with Crippen LogP contribution in [0, 0.1) is 0 Å². The molecule has 0 aromatic heterocycles. The standard InChI is InChI=1S/C16H22N2O2/c17-13-6-7-18(12-3-4-12)16(13)11-2-5-14-15(10-11)20-9-1-8-19-14/h2,5,10,12-13,16H,1,3-4,6-9,17H2. The Balaban J connectivity index is 1.65. The van der Waals surface area contributed by atoms with Crippen LogP contribution in [0.5, 0.6) is 11.5 Å². The number of benzene rings is 1. The maximum atomic E-state index is 6.36. The Labute approximate surface area is 119 Å². The highest BCUT2D eigenvalue weighted by atomic mass is 16.5. The van der Waals surface area contributed by atoms with E-state index in [1.54, 1.807) is 0 Å². The Bertz CT molecular complexity index is 501. The SMILES string of the molecule is NC1CCN(C2CC2)C1c1ccc2c(c1)OCCCO2. The van der Waals surface area contributed by atoms with Gasteiger partial charge in [0, 0.05) is 25.0 Å². The molecule has 2 unspecified atom stereocenters. The molecule has 1 saturated heterocycles. The monoisotopic (exact) mass is 274 g/mol. The van der Waals surface area contributed by atoms with Crippen LogP contribution in [-0.4, -0.2) is 36.7 Å². The van der Waals surface area contributed by atoms with E-state index >= 15 is 0 Å². The second-order valence-corrected chi connectivity index (χ2v) is 6.12. The average Bonchev–Trinajstić information content (AvgIpc) is 3.25. The van der Waals surface area contributed by atoms with Gasteiger partial charge in [-0.3, -0.25) is 4.90 Å².